The minimum atomic E-state index is -0.710. The predicted molar refractivity (Wildman–Crippen MR) is 81.6 cm³/mol. The molecular formula is C15H17N3OS. The van der Waals surface area contributed by atoms with E-state index in [-0.39, 0.29) is 5.91 Å². The Balaban J connectivity index is 1.73. The topological polar surface area (TPSA) is 68.0 Å². The number of aromatic nitrogens is 1. The average molecular weight is 287 g/mol. The number of anilines is 1. The smallest absolute Gasteiger partial charge is 0.246 e. The summed E-state index contributed by atoms with van der Waals surface area (Å²) in [5.41, 5.74) is 7.35. The second-order valence-corrected chi connectivity index (χ2v) is 6.08. The summed E-state index contributed by atoms with van der Waals surface area (Å²) >= 11 is 1.43. The molecule has 1 amide bonds. The van der Waals surface area contributed by atoms with Crippen LogP contribution in [0.2, 0.25) is 0 Å². The van der Waals surface area contributed by atoms with E-state index in [2.05, 4.69) is 10.3 Å². The second-order valence-electron chi connectivity index (χ2n) is 5.22. The van der Waals surface area contributed by atoms with Crippen LogP contribution in [0.5, 0.6) is 0 Å². The summed E-state index contributed by atoms with van der Waals surface area (Å²) < 4.78 is 0. The lowest BCUT2D eigenvalue weighted by Gasteiger charge is -2.21. The number of benzene rings is 1. The molecule has 0 aliphatic heterocycles. The second kappa shape index (κ2) is 5.34. The fourth-order valence-corrected chi connectivity index (χ4v) is 3.24. The van der Waals surface area contributed by atoms with Crippen molar-refractivity contribution in [1.82, 2.24) is 4.98 Å². The Morgan fingerprint density at radius 2 is 1.95 bits per heavy atom. The van der Waals surface area contributed by atoms with Gasteiger partial charge in [-0.3, -0.25) is 4.79 Å². The van der Waals surface area contributed by atoms with Gasteiger partial charge in [-0.25, -0.2) is 4.98 Å². The Morgan fingerprint density at radius 1 is 1.25 bits per heavy atom. The number of nitrogens with zero attached hydrogens (tertiary/aromatic N) is 1. The molecule has 1 aliphatic rings. The molecule has 1 aliphatic carbocycles. The van der Waals surface area contributed by atoms with Crippen molar-refractivity contribution in [2.75, 3.05) is 5.32 Å². The van der Waals surface area contributed by atoms with Gasteiger partial charge in [-0.2, -0.15) is 0 Å². The molecule has 0 saturated heterocycles. The molecule has 0 spiro atoms. The lowest BCUT2D eigenvalue weighted by Crippen LogP contribution is -2.48. The van der Waals surface area contributed by atoms with Crippen LogP contribution in [-0.2, 0) is 4.79 Å². The van der Waals surface area contributed by atoms with Crippen molar-refractivity contribution < 1.29 is 4.79 Å². The molecule has 0 radical (unpaired) electrons. The molecule has 104 valence electrons. The molecule has 4 nitrogen and oxygen atoms in total. The lowest BCUT2D eigenvalue weighted by atomic mass is 9.98. The molecule has 2 aromatic rings. The van der Waals surface area contributed by atoms with Crippen LogP contribution < -0.4 is 11.1 Å². The molecule has 1 aromatic carbocycles. The highest BCUT2D eigenvalue weighted by Gasteiger charge is 2.37. The maximum atomic E-state index is 12.2. The Morgan fingerprint density at radius 3 is 2.65 bits per heavy atom. The first-order valence-corrected chi connectivity index (χ1v) is 7.67. The average Bonchev–Trinajstić information content (AvgIpc) is 3.10. The molecule has 3 N–H and O–H groups in total. The standard InChI is InChI=1S/C15H17N3OS/c16-15(8-4-5-9-15)13(19)18-14-17-12(10-20-14)11-6-2-1-3-7-11/h1-3,6-7,10H,4-5,8-9,16H2,(H,17,18,19). The van der Waals surface area contributed by atoms with Gasteiger partial charge in [0.15, 0.2) is 5.13 Å². The first kappa shape index (κ1) is 13.3. The van der Waals surface area contributed by atoms with Crippen molar-refractivity contribution in [2.45, 2.75) is 31.2 Å². The molecule has 1 fully saturated rings. The van der Waals surface area contributed by atoms with Gasteiger partial charge in [0.05, 0.1) is 11.2 Å². The van der Waals surface area contributed by atoms with Crippen molar-refractivity contribution in [3.8, 4) is 11.3 Å². The third-order valence-electron chi connectivity index (χ3n) is 3.74. The van der Waals surface area contributed by atoms with Crippen LogP contribution in [-0.4, -0.2) is 16.4 Å². The van der Waals surface area contributed by atoms with E-state index >= 15 is 0 Å². The van der Waals surface area contributed by atoms with E-state index in [1.807, 2.05) is 35.7 Å². The van der Waals surface area contributed by atoms with Gasteiger partial charge in [-0.15, -0.1) is 11.3 Å². The molecule has 0 atom stereocenters. The minimum Gasteiger partial charge on any atom is -0.317 e. The van der Waals surface area contributed by atoms with Gasteiger partial charge in [0.1, 0.15) is 0 Å². The first-order chi connectivity index (χ1) is 9.67. The number of hydrogen-bond acceptors (Lipinski definition) is 4. The summed E-state index contributed by atoms with van der Waals surface area (Å²) in [6.45, 7) is 0. The molecule has 1 aromatic heterocycles. The summed E-state index contributed by atoms with van der Waals surface area (Å²) in [5.74, 6) is -0.107. The van der Waals surface area contributed by atoms with Crippen molar-refractivity contribution in [1.29, 1.82) is 0 Å². The summed E-state index contributed by atoms with van der Waals surface area (Å²) in [6, 6.07) is 9.92. The maximum Gasteiger partial charge on any atom is 0.246 e. The van der Waals surface area contributed by atoms with Gasteiger partial charge in [0, 0.05) is 10.9 Å². The predicted octanol–water partition coefficient (Wildman–Crippen LogP) is 3.02. The van der Waals surface area contributed by atoms with Crippen LogP contribution in [0.15, 0.2) is 35.7 Å². The summed E-state index contributed by atoms with van der Waals surface area (Å²) in [5, 5.41) is 5.42. The number of amides is 1. The molecule has 5 heteroatoms. The monoisotopic (exact) mass is 287 g/mol. The summed E-state index contributed by atoms with van der Waals surface area (Å²) in [6.07, 6.45) is 3.57. The molecule has 0 unspecified atom stereocenters. The van der Waals surface area contributed by atoms with E-state index in [1.165, 1.54) is 11.3 Å². The van der Waals surface area contributed by atoms with Crippen LogP contribution in [0.1, 0.15) is 25.7 Å². The number of thiazole rings is 1. The summed E-state index contributed by atoms with van der Waals surface area (Å²) in [4.78, 5) is 16.7. The maximum absolute atomic E-state index is 12.2. The normalized spacial score (nSPS) is 17.1. The van der Waals surface area contributed by atoms with Gasteiger partial charge >= 0.3 is 0 Å². The van der Waals surface area contributed by atoms with E-state index < -0.39 is 5.54 Å². The third kappa shape index (κ3) is 2.59. The number of rotatable bonds is 3. The first-order valence-electron chi connectivity index (χ1n) is 6.79. The zero-order valence-corrected chi connectivity index (χ0v) is 12.0. The van der Waals surface area contributed by atoms with Gasteiger partial charge in [-0.1, -0.05) is 43.2 Å². The van der Waals surface area contributed by atoms with Crippen LogP contribution in [0.25, 0.3) is 11.3 Å². The van der Waals surface area contributed by atoms with Gasteiger partial charge < -0.3 is 11.1 Å². The van der Waals surface area contributed by atoms with Crippen LogP contribution in [0.4, 0.5) is 5.13 Å². The fourth-order valence-electron chi connectivity index (χ4n) is 2.53. The van der Waals surface area contributed by atoms with E-state index in [0.29, 0.717) is 5.13 Å². The molecule has 3 rings (SSSR count). The number of hydrogen-bond donors (Lipinski definition) is 2. The van der Waals surface area contributed by atoms with E-state index in [4.69, 9.17) is 5.73 Å². The van der Waals surface area contributed by atoms with E-state index in [0.717, 1.165) is 36.9 Å². The number of nitrogens with one attached hydrogen (secondary N) is 1. The van der Waals surface area contributed by atoms with Crippen LogP contribution in [0.3, 0.4) is 0 Å². The summed E-state index contributed by atoms with van der Waals surface area (Å²) in [7, 11) is 0. The van der Waals surface area contributed by atoms with Gasteiger partial charge in [0.2, 0.25) is 5.91 Å². The molecule has 1 heterocycles. The Kier molecular flexibility index (Phi) is 3.54. The quantitative estimate of drug-likeness (QED) is 0.911. The largest absolute Gasteiger partial charge is 0.317 e. The Bertz CT molecular complexity index is 603. The van der Waals surface area contributed by atoms with Crippen LogP contribution >= 0.6 is 11.3 Å². The highest BCUT2D eigenvalue weighted by atomic mass is 32.1. The highest BCUT2D eigenvalue weighted by molar-refractivity contribution is 7.14. The highest BCUT2D eigenvalue weighted by Crippen LogP contribution is 2.30. The SMILES string of the molecule is NC1(C(=O)Nc2nc(-c3ccccc3)cs2)CCCC1. The van der Waals surface area contributed by atoms with E-state index in [1.54, 1.807) is 0 Å². The van der Waals surface area contributed by atoms with Crippen molar-refractivity contribution in [3.05, 3.63) is 35.7 Å². The zero-order valence-electron chi connectivity index (χ0n) is 11.1. The van der Waals surface area contributed by atoms with Gasteiger partial charge in [-0.05, 0) is 12.8 Å². The number of carbonyl (C=O) groups excluding carboxylic acids is 1. The number of nitrogens with two attached hydrogens (primary N) is 1. The lowest BCUT2D eigenvalue weighted by molar-refractivity contribution is -0.121. The third-order valence-corrected chi connectivity index (χ3v) is 4.50. The fraction of sp³-hybridized carbons (Fsp3) is 0.333. The molecule has 0 bridgehead atoms. The Labute approximate surface area is 122 Å². The van der Waals surface area contributed by atoms with Crippen LogP contribution in [0, 0.1) is 0 Å². The number of carbonyl (C=O) groups is 1. The van der Waals surface area contributed by atoms with Crippen molar-refractivity contribution >= 4 is 22.4 Å². The minimum absolute atomic E-state index is 0.107. The zero-order chi connectivity index (χ0) is 14.0. The van der Waals surface area contributed by atoms with Crippen molar-refractivity contribution in [2.24, 2.45) is 5.73 Å². The Hall–Kier alpha value is -1.72. The molecular weight excluding hydrogens is 270 g/mol. The molecule has 20 heavy (non-hydrogen) atoms. The van der Waals surface area contributed by atoms with Crippen molar-refractivity contribution in [3.63, 3.8) is 0 Å². The van der Waals surface area contributed by atoms with E-state index in [9.17, 15) is 4.79 Å². The van der Waals surface area contributed by atoms with Gasteiger partial charge in [0.25, 0.3) is 0 Å². The molecule has 1 saturated carbocycles.